The maximum atomic E-state index is 10.6. The Morgan fingerprint density at radius 3 is 2.68 bits per heavy atom. The van der Waals surface area contributed by atoms with Crippen LogP contribution in [0.3, 0.4) is 0 Å². The Balaban J connectivity index is 1.94. The molecule has 0 aliphatic rings. The van der Waals surface area contributed by atoms with Crippen LogP contribution in [0.25, 0.3) is 0 Å². The predicted molar refractivity (Wildman–Crippen MR) is 72.1 cm³/mol. The van der Waals surface area contributed by atoms with E-state index in [1.54, 1.807) is 6.07 Å². The lowest BCUT2D eigenvalue weighted by Gasteiger charge is -2.05. The molecule has 0 saturated heterocycles. The van der Waals surface area contributed by atoms with Gasteiger partial charge < -0.3 is 9.73 Å². The van der Waals surface area contributed by atoms with E-state index in [0.717, 1.165) is 17.1 Å². The fourth-order valence-electron chi connectivity index (χ4n) is 1.69. The standard InChI is InChI=1S/C13H13ClN2O3/c1-9-2-5-12(19-9)8-15-7-10-3-4-11(16(17)18)6-13(10)14/h2-6,15H,7-8H2,1H3. The number of hydrogen-bond acceptors (Lipinski definition) is 4. The minimum atomic E-state index is -0.464. The second-order valence-corrected chi connectivity index (χ2v) is 4.56. The Bertz CT molecular complexity index is 595. The van der Waals surface area contributed by atoms with E-state index >= 15 is 0 Å². The van der Waals surface area contributed by atoms with E-state index < -0.39 is 4.92 Å². The molecule has 100 valence electrons. The normalized spacial score (nSPS) is 10.6. The third-order valence-corrected chi connectivity index (χ3v) is 3.01. The number of aryl methyl sites for hydroxylation is 1. The van der Waals surface area contributed by atoms with Crippen LogP contribution >= 0.6 is 11.6 Å². The monoisotopic (exact) mass is 280 g/mol. The van der Waals surface area contributed by atoms with Crippen LogP contribution in [-0.2, 0) is 13.1 Å². The number of halogens is 1. The zero-order chi connectivity index (χ0) is 13.8. The summed E-state index contributed by atoms with van der Waals surface area (Å²) in [7, 11) is 0. The van der Waals surface area contributed by atoms with Crippen molar-refractivity contribution in [3.8, 4) is 0 Å². The first-order valence-corrected chi connectivity index (χ1v) is 6.13. The van der Waals surface area contributed by atoms with Gasteiger partial charge in [0.05, 0.1) is 16.5 Å². The van der Waals surface area contributed by atoms with Crippen LogP contribution < -0.4 is 5.32 Å². The van der Waals surface area contributed by atoms with Crippen molar-refractivity contribution < 1.29 is 9.34 Å². The first-order valence-electron chi connectivity index (χ1n) is 5.75. The van der Waals surface area contributed by atoms with Crippen molar-refractivity contribution in [1.29, 1.82) is 0 Å². The topological polar surface area (TPSA) is 68.3 Å². The van der Waals surface area contributed by atoms with E-state index in [4.69, 9.17) is 16.0 Å². The van der Waals surface area contributed by atoms with Gasteiger partial charge >= 0.3 is 0 Å². The predicted octanol–water partition coefficient (Wildman–Crippen LogP) is 3.44. The van der Waals surface area contributed by atoms with Gasteiger partial charge in [0, 0.05) is 18.7 Å². The number of rotatable bonds is 5. The third-order valence-electron chi connectivity index (χ3n) is 2.66. The number of non-ortho nitro benzene ring substituents is 1. The van der Waals surface area contributed by atoms with Gasteiger partial charge in [0.15, 0.2) is 0 Å². The molecule has 0 aliphatic carbocycles. The quantitative estimate of drug-likeness (QED) is 0.673. The van der Waals surface area contributed by atoms with Gasteiger partial charge in [-0.2, -0.15) is 0 Å². The molecule has 1 aromatic heterocycles. The Morgan fingerprint density at radius 2 is 2.11 bits per heavy atom. The fraction of sp³-hybridized carbons (Fsp3) is 0.231. The molecule has 0 bridgehead atoms. The molecule has 5 nitrogen and oxygen atoms in total. The highest BCUT2D eigenvalue weighted by atomic mass is 35.5. The van der Waals surface area contributed by atoms with Crippen LogP contribution in [-0.4, -0.2) is 4.92 Å². The lowest BCUT2D eigenvalue weighted by atomic mass is 10.2. The molecule has 1 heterocycles. The SMILES string of the molecule is Cc1ccc(CNCc2ccc([N+](=O)[O-])cc2Cl)o1. The molecule has 6 heteroatoms. The number of hydrogen-bond donors (Lipinski definition) is 1. The van der Waals surface area contributed by atoms with Crippen molar-refractivity contribution in [1.82, 2.24) is 5.32 Å². The van der Waals surface area contributed by atoms with Crippen molar-refractivity contribution in [2.45, 2.75) is 20.0 Å². The first-order chi connectivity index (χ1) is 9.06. The van der Waals surface area contributed by atoms with Gasteiger partial charge in [-0.3, -0.25) is 10.1 Å². The molecule has 0 saturated carbocycles. The number of nitrogens with zero attached hydrogens (tertiary/aromatic N) is 1. The zero-order valence-electron chi connectivity index (χ0n) is 10.4. The van der Waals surface area contributed by atoms with Crippen molar-refractivity contribution in [3.63, 3.8) is 0 Å². The van der Waals surface area contributed by atoms with Gasteiger partial charge in [-0.15, -0.1) is 0 Å². The zero-order valence-corrected chi connectivity index (χ0v) is 11.1. The summed E-state index contributed by atoms with van der Waals surface area (Å²) < 4.78 is 5.42. The molecule has 0 spiro atoms. The first kappa shape index (κ1) is 13.6. The summed E-state index contributed by atoms with van der Waals surface area (Å²) in [5.74, 6) is 1.71. The van der Waals surface area contributed by atoms with Gasteiger partial charge in [0.25, 0.3) is 5.69 Å². The van der Waals surface area contributed by atoms with Gasteiger partial charge in [-0.25, -0.2) is 0 Å². The third kappa shape index (κ3) is 3.56. The molecule has 2 aromatic rings. The summed E-state index contributed by atoms with van der Waals surface area (Å²) in [6.45, 7) is 2.99. The number of furan rings is 1. The van der Waals surface area contributed by atoms with Crippen LogP contribution in [0.4, 0.5) is 5.69 Å². The number of nitrogens with one attached hydrogen (secondary N) is 1. The van der Waals surface area contributed by atoms with Crippen LogP contribution in [0.5, 0.6) is 0 Å². The van der Waals surface area contributed by atoms with E-state index in [9.17, 15) is 10.1 Å². The molecular weight excluding hydrogens is 268 g/mol. The molecule has 2 rings (SSSR count). The molecule has 0 amide bonds. The molecule has 0 unspecified atom stereocenters. The van der Waals surface area contributed by atoms with Crippen molar-refractivity contribution >= 4 is 17.3 Å². The lowest BCUT2D eigenvalue weighted by Crippen LogP contribution is -2.12. The lowest BCUT2D eigenvalue weighted by molar-refractivity contribution is -0.384. The Morgan fingerprint density at radius 1 is 1.32 bits per heavy atom. The maximum Gasteiger partial charge on any atom is 0.270 e. The molecule has 0 fully saturated rings. The molecule has 0 atom stereocenters. The average molecular weight is 281 g/mol. The molecule has 19 heavy (non-hydrogen) atoms. The summed E-state index contributed by atoms with van der Waals surface area (Å²) in [5, 5.41) is 14.1. The second-order valence-electron chi connectivity index (χ2n) is 4.15. The average Bonchev–Trinajstić information content (AvgIpc) is 2.77. The minimum absolute atomic E-state index is 0.00425. The number of benzene rings is 1. The number of nitro benzene ring substituents is 1. The van der Waals surface area contributed by atoms with Crippen LogP contribution in [0.2, 0.25) is 5.02 Å². The van der Waals surface area contributed by atoms with E-state index in [1.807, 2.05) is 19.1 Å². The molecule has 1 aromatic carbocycles. The summed E-state index contributed by atoms with van der Waals surface area (Å²) in [5.41, 5.74) is 0.811. The van der Waals surface area contributed by atoms with Crippen LogP contribution in [0.1, 0.15) is 17.1 Å². The summed E-state index contributed by atoms with van der Waals surface area (Å²) in [4.78, 5) is 10.1. The minimum Gasteiger partial charge on any atom is -0.465 e. The second kappa shape index (κ2) is 5.86. The van der Waals surface area contributed by atoms with Crippen molar-refractivity contribution in [3.05, 3.63) is 62.6 Å². The highest BCUT2D eigenvalue weighted by molar-refractivity contribution is 6.31. The van der Waals surface area contributed by atoms with E-state index in [0.29, 0.717) is 18.1 Å². The van der Waals surface area contributed by atoms with Crippen LogP contribution in [0, 0.1) is 17.0 Å². The highest BCUT2D eigenvalue weighted by Crippen LogP contribution is 2.22. The van der Waals surface area contributed by atoms with Gasteiger partial charge in [0.1, 0.15) is 11.5 Å². The van der Waals surface area contributed by atoms with Crippen molar-refractivity contribution in [2.75, 3.05) is 0 Å². The fourth-order valence-corrected chi connectivity index (χ4v) is 1.94. The van der Waals surface area contributed by atoms with Gasteiger partial charge in [-0.1, -0.05) is 11.6 Å². The maximum absolute atomic E-state index is 10.6. The Labute approximate surface area is 115 Å². The molecule has 0 aliphatic heterocycles. The summed E-state index contributed by atoms with van der Waals surface area (Å²) in [6.07, 6.45) is 0. The van der Waals surface area contributed by atoms with Crippen molar-refractivity contribution in [2.24, 2.45) is 0 Å². The van der Waals surface area contributed by atoms with Gasteiger partial charge in [-0.05, 0) is 30.7 Å². The Hall–Kier alpha value is -1.85. The molecule has 0 radical (unpaired) electrons. The van der Waals surface area contributed by atoms with E-state index in [1.165, 1.54) is 12.1 Å². The molecular formula is C13H13ClN2O3. The van der Waals surface area contributed by atoms with Gasteiger partial charge in [0.2, 0.25) is 0 Å². The number of nitro groups is 1. The molecule has 1 N–H and O–H groups in total. The Kier molecular flexibility index (Phi) is 4.19. The highest BCUT2D eigenvalue weighted by Gasteiger charge is 2.09. The largest absolute Gasteiger partial charge is 0.465 e. The summed E-state index contributed by atoms with van der Waals surface area (Å²) in [6, 6.07) is 8.26. The smallest absolute Gasteiger partial charge is 0.270 e. The van der Waals surface area contributed by atoms with Crippen LogP contribution in [0.15, 0.2) is 34.7 Å². The van der Waals surface area contributed by atoms with E-state index in [-0.39, 0.29) is 5.69 Å². The van der Waals surface area contributed by atoms with E-state index in [2.05, 4.69) is 5.32 Å². The summed E-state index contributed by atoms with van der Waals surface area (Å²) >= 11 is 5.99.